The molecule has 1 aliphatic rings. The average molecular weight is 429 g/mol. The highest BCUT2D eigenvalue weighted by Crippen LogP contribution is 2.30. The molecule has 164 valence electrons. The van der Waals surface area contributed by atoms with Crippen LogP contribution in [0.2, 0.25) is 25.7 Å². The number of fused-ring (bicyclic) bond motifs is 1. The number of esters is 1. The molecule has 1 aromatic carbocycles. The number of Topliss-reactive ketones (excluding diaryl/α,β-unsaturated/α-hetero) is 2. The smallest absolute Gasteiger partial charge is 0.311 e. The molecule has 0 radical (unpaired) electrons. The van der Waals surface area contributed by atoms with Crippen LogP contribution in [0.15, 0.2) is 35.6 Å². The molecule has 0 aromatic heterocycles. The summed E-state index contributed by atoms with van der Waals surface area (Å²) in [6.07, 6.45) is 8.70. The first-order chi connectivity index (χ1) is 14.2. The second kappa shape index (κ2) is 11.4. The van der Waals surface area contributed by atoms with Gasteiger partial charge in [0.25, 0.3) is 0 Å². The van der Waals surface area contributed by atoms with E-state index in [1.807, 2.05) is 0 Å². The number of ketones is 2. The molecular formula is C25H36O4Si. The third-order valence-corrected chi connectivity index (χ3v) is 7.38. The van der Waals surface area contributed by atoms with Crippen LogP contribution in [0.25, 0.3) is 0 Å². The highest BCUT2D eigenvalue weighted by Gasteiger charge is 2.34. The molecular weight excluding hydrogens is 392 g/mol. The predicted octanol–water partition coefficient (Wildman–Crippen LogP) is 6.73. The van der Waals surface area contributed by atoms with Gasteiger partial charge >= 0.3 is 5.97 Å². The Kier molecular flexibility index (Phi) is 9.22. The Morgan fingerprint density at radius 3 is 1.93 bits per heavy atom. The molecule has 30 heavy (non-hydrogen) atoms. The van der Waals surface area contributed by atoms with E-state index in [0.29, 0.717) is 23.1 Å². The molecule has 5 heteroatoms. The normalized spacial score (nSPS) is 14.1. The zero-order valence-electron chi connectivity index (χ0n) is 19.0. The van der Waals surface area contributed by atoms with Crippen LogP contribution in [0, 0.1) is 0 Å². The quantitative estimate of drug-likeness (QED) is 0.210. The molecule has 0 amide bonds. The van der Waals surface area contributed by atoms with Crippen molar-refractivity contribution in [3.8, 4) is 0 Å². The average Bonchev–Trinajstić information content (AvgIpc) is 2.71. The van der Waals surface area contributed by atoms with E-state index < -0.39 is 14.0 Å². The number of hydrogen-bond acceptors (Lipinski definition) is 4. The number of carbonyl (C=O) groups is 3. The fraction of sp³-hybridized carbons (Fsp3) is 0.560. The van der Waals surface area contributed by atoms with E-state index in [1.165, 1.54) is 31.7 Å². The van der Waals surface area contributed by atoms with E-state index in [1.54, 1.807) is 31.2 Å². The van der Waals surface area contributed by atoms with Crippen LogP contribution in [0.3, 0.4) is 0 Å². The van der Waals surface area contributed by atoms with Crippen molar-refractivity contribution < 1.29 is 19.1 Å². The summed E-state index contributed by atoms with van der Waals surface area (Å²) in [5, 5.41) is 0. The highest BCUT2D eigenvalue weighted by atomic mass is 28.3. The van der Waals surface area contributed by atoms with Crippen LogP contribution < -0.4 is 0 Å². The standard InChI is InChI=1S/C25H36O4Si/c1-5-22(26)29-25-21(23(27)19-15-12-13-16-20(19)24(25)28)17-11-9-7-6-8-10-14-18-30(2,3)4/h12-13,15-16H,5-11,14,17-18H2,1-4H3. The van der Waals surface area contributed by atoms with Crippen molar-refractivity contribution >= 4 is 25.6 Å². The van der Waals surface area contributed by atoms with Crippen molar-refractivity contribution in [3.05, 3.63) is 46.7 Å². The molecule has 0 heterocycles. The van der Waals surface area contributed by atoms with Crippen LogP contribution in [-0.2, 0) is 9.53 Å². The van der Waals surface area contributed by atoms with Crippen molar-refractivity contribution in [2.75, 3.05) is 0 Å². The Hall–Kier alpha value is -2.01. The van der Waals surface area contributed by atoms with Crippen LogP contribution >= 0.6 is 0 Å². The Bertz CT molecular complexity index is 802. The summed E-state index contributed by atoms with van der Waals surface area (Å²) in [5.74, 6) is -1.09. The second-order valence-electron chi connectivity index (χ2n) is 9.37. The van der Waals surface area contributed by atoms with Crippen molar-refractivity contribution in [2.45, 2.75) is 90.4 Å². The van der Waals surface area contributed by atoms with Crippen LogP contribution in [0.5, 0.6) is 0 Å². The molecule has 0 saturated heterocycles. The zero-order valence-corrected chi connectivity index (χ0v) is 20.0. The SMILES string of the molecule is CCC(=O)OC1=C(CCCCCCCCC[Si](C)(C)C)C(=O)c2ccccc2C1=O. The fourth-order valence-electron chi connectivity index (χ4n) is 3.77. The third kappa shape index (κ3) is 7.05. The fourth-order valence-corrected chi connectivity index (χ4v) is 5.08. The molecule has 0 bridgehead atoms. The Labute approximate surface area is 182 Å². The minimum Gasteiger partial charge on any atom is -0.422 e. The van der Waals surface area contributed by atoms with Gasteiger partial charge in [-0.2, -0.15) is 0 Å². The van der Waals surface area contributed by atoms with E-state index in [0.717, 1.165) is 19.3 Å². The van der Waals surface area contributed by atoms with Gasteiger partial charge in [-0.05, 0) is 12.8 Å². The summed E-state index contributed by atoms with van der Waals surface area (Å²) < 4.78 is 5.32. The molecule has 0 fully saturated rings. The minimum absolute atomic E-state index is 0.0584. The Balaban J connectivity index is 1.90. The van der Waals surface area contributed by atoms with E-state index >= 15 is 0 Å². The number of ether oxygens (including phenoxy) is 1. The number of hydrogen-bond donors (Lipinski definition) is 0. The number of rotatable bonds is 12. The van der Waals surface area contributed by atoms with Gasteiger partial charge in [-0.3, -0.25) is 14.4 Å². The van der Waals surface area contributed by atoms with E-state index in [9.17, 15) is 14.4 Å². The molecule has 0 spiro atoms. The molecule has 1 aliphatic carbocycles. The van der Waals surface area contributed by atoms with E-state index in [-0.39, 0.29) is 23.7 Å². The Morgan fingerprint density at radius 1 is 0.833 bits per heavy atom. The van der Waals surface area contributed by atoms with Crippen LogP contribution in [0.1, 0.15) is 85.4 Å². The molecule has 0 atom stereocenters. The predicted molar refractivity (Wildman–Crippen MR) is 124 cm³/mol. The molecule has 0 unspecified atom stereocenters. The first-order valence-corrected chi connectivity index (χ1v) is 15.1. The lowest BCUT2D eigenvalue weighted by Gasteiger charge is -2.20. The lowest BCUT2D eigenvalue weighted by Crippen LogP contribution is -2.25. The van der Waals surface area contributed by atoms with Crippen LogP contribution in [-0.4, -0.2) is 25.6 Å². The maximum Gasteiger partial charge on any atom is 0.311 e. The summed E-state index contributed by atoms with van der Waals surface area (Å²) in [6, 6.07) is 8.17. The van der Waals surface area contributed by atoms with Gasteiger partial charge in [0, 0.05) is 31.2 Å². The van der Waals surface area contributed by atoms with Gasteiger partial charge in [-0.15, -0.1) is 0 Å². The molecule has 0 N–H and O–H groups in total. The van der Waals surface area contributed by atoms with Gasteiger partial charge in [-0.25, -0.2) is 0 Å². The van der Waals surface area contributed by atoms with Crippen LogP contribution in [0.4, 0.5) is 0 Å². The van der Waals surface area contributed by atoms with Gasteiger partial charge in [0.05, 0.1) is 0 Å². The number of benzene rings is 1. The largest absolute Gasteiger partial charge is 0.422 e. The highest BCUT2D eigenvalue weighted by molar-refractivity contribution is 6.76. The number of unbranched alkanes of at least 4 members (excludes halogenated alkanes) is 6. The molecule has 0 saturated carbocycles. The summed E-state index contributed by atoms with van der Waals surface area (Å²) in [4.78, 5) is 37.6. The lowest BCUT2D eigenvalue weighted by molar-refractivity contribution is -0.138. The minimum atomic E-state index is -0.917. The van der Waals surface area contributed by atoms with E-state index in [2.05, 4.69) is 19.6 Å². The molecule has 1 aromatic rings. The van der Waals surface area contributed by atoms with Gasteiger partial charge in [0.1, 0.15) is 0 Å². The van der Waals surface area contributed by atoms with Gasteiger partial charge in [0.15, 0.2) is 11.5 Å². The van der Waals surface area contributed by atoms with Crippen molar-refractivity contribution in [2.24, 2.45) is 0 Å². The molecule has 2 rings (SSSR count). The first-order valence-electron chi connectivity index (χ1n) is 11.4. The number of allylic oxidation sites excluding steroid dienone is 2. The summed E-state index contributed by atoms with van der Waals surface area (Å²) in [7, 11) is -0.917. The van der Waals surface area contributed by atoms with Crippen molar-refractivity contribution in [1.29, 1.82) is 0 Å². The van der Waals surface area contributed by atoms with Crippen molar-refractivity contribution in [1.82, 2.24) is 0 Å². The molecule has 0 aliphatic heterocycles. The second-order valence-corrected chi connectivity index (χ2v) is 15.0. The maximum atomic E-state index is 13.0. The third-order valence-electron chi connectivity index (χ3n) is 5.53. The zero-order chi connectivity index (χ0) is 22.1. The van der Waals surface area contributed by atoms with Gasteiger partial charge in [0.2, 0.25) is 5.78 Å². The number of carbonyl (C=O) groups excluding carboxylic acids is 3. The monoisotopic (exact) mass is 428 g/mol. The maximum absolute atomic E-state index is 13.0. The topological polar surface area (TPSA) is 60.4 Å². The van der Waals surface area contributed by atoms with Gasteiger partial charge < -0.3 is 4.74 Å². The lowest BCUT2D eigenvalue weighted by atomic mass is 9.86. The van der Waals surface area contributed by atoms with E-state index in [4.69, 9.17) is 4.74 Å². The first kappa shape index (κ1) is 24.3. The van der Waals surface area contributed by atoms with Gasteiger partial charge in [-0.1, -0.05) is 95.4 Å². The summed E-state index contributed by atoms with van der Waals surface area (Å²) in [5.41, 5.74) is 1.09. The van der Waals surface area contributed by atoms with Crippen molar-refractivity contribution in [3.63, 3.8) is 0 Å². The Morgan fingerprint density at radius 2 is 1.37 bits per heavy atom. The summed E-state index contributed by atoms with van der Waals surface area (Å²) in [6.45, 7) is 8.94. The molecule has 4 nitrogen and oxygen atoms in total. The summed E-state index contributed by atoms with van der Waals surface area (Å²) >= 11 is 0.